The highest BCUT2D eigenvalue weighted by atomic mass is 19.1. The Morgan fingerprint density at radius 3 is 2.80 bits per heavy atom. The van der Waals surface area contributed by atoms with Gasteiger partial charge in [-0.3, -0.25) is 0 Å². The van der Waals surface area contributed by atoms with Crippen LogP contribution in [0.25, 0.3) is 0 Å². The average molecular weight is 275 g/mol. The molecule has 0 spiro atoms. The lowest BCUT2D eigenvalue weighted by Gasteiger charge is -2.11. The lowest BCUT2D eigenvalue weighted by atomic mass is 10.2. The van der Waals surface area contributed by atoms with Crippen molar-refractivity contribution in [3.05, 3.63) is 47.4 Å². The highest BCUT2D eigenvalue weighted by Gasteiger charge is 2.15. The first kappa shape index (κ1) is 13.8. The van der Waals surface area contributed by atoms with Gasteiger partial charge in [-0.25, -0.2) is 14.2 Å². The standard InChI is InChI=1S/C14H14FN3O2/c1-8-3-4-12(11(15)5-8)18-13-10(14(19)20-2)6-9(16)7-17-13/h3-7H,16H2,1-2H3,(H,17,18). The van der Waals surface area contributed by atoms with E-state index < -0.39 is 11.8 Å². The minimum atomic E-state index is -0.597. The van der Waals surface area contributed by atoms with Crippen LogP contribution in [0.1, 0.15) is 15.9 Å². The highest BCUT2D eigenvalue weighted by molar-refractivity contribution is 5.96. The Balaban J connectivity index is 2.40. The summed E-state index contributed by atoms with van der Waals surface area (Å²) in [7, 11) is 1.25. The predicted molar refractivity (Wildman–Crippen MR) is 74.4 cm³/mol. The zero-order valence-corrected chi connectivity index (χ0v) is 11.1. The Hall–Kier alpha value is -2.63. The van der Waals surface area contributed by atoms with Crippen LogP contribution in [0.4, 0.5) is 21.6 Å². The van der Waals surface area contributed by atoms with Gasteiger partial charge in [0, 0.05) is 0 Å². The Bertz CT molecular complexity index is 659. The summed E-state index contributed by atoms with van der Waals surface area (Å²) in [4.78, 5) is 15.7. The maximum atomic E-state index is 13.8. The molecule has 3 N–H and O–H groups in total. The molecule has 1 aromatic heterocycles. The maximum Gasteiger partial charge on any atom is 0.341 e. The third kappa shape index (κ3) is 2.85. The van der Waals surface area contributed by atoms with E-state index in [1.165, 1.54) is 25.4 Å². The molecule has 0 aliphatic heterocycles. The van der Waals surface area contributed by atoms with Crippen LogP contribution in [-0.2, 0) is 4.74 Å². The molecular formula is C14H14FN3O2. The molecule has 0 saturated heterocycles. The molecular weight excluding hydrogens is 261 g/mol. The molecule has 1 aromatic carbocycles. The number of benzene rings is 1. The van der Waals surface area contributed by atoms with E-state index in [0.717, 1.165) is 5.56 Å². The first-order valence-electron chi connectivity index (χ1n) is 5.88. The first-order chi connectivity index (χ1) is 9.51. The van der Waals surface area contributed by atoms with Crippen LogP contribution in [0, 0.1) is 12.7 Å². The molecule has 5 nitrogen and oxygen atoms in total. The van der Waals surface area contributed by atoms with E-state index in [1.807, 2.05) is 0 Å². The predicted octanol–water partition coefficient (Wildman–Crippen LogP) is 2.64. The van der Waals surface area contributed by atoms with E-state index in [1.54, 1.807) is 19.1 Å². The van der Waals surface area contributed by atoms with Crippen molar-refractivity contribution in [2.45, 2.75) is 6.92 Å². The number of hydrogen-bond donors (Lipinski definition) is 2. The molecule has 20 heavy (non-hydrogen) atoms. The van der Waals surface area contributed by atoms with Gasteiger partial charge in [0.15, 0.2) is 0 Å². The zero-order chi connectivity index (χ0) is 14.7. The van der Waals surface area contributed by atoms with E-state index in [4.69, 9.17) is 5.73 Å². The number of ether oxygens (including phenoxy) is 1. The summed E-state index contributed by atoms with van der Waals surface area (Å²) in [6, 6.07) is 6.13. The second kappa shape index (κ2) is 5.56. The zero-order valence-electron chi connectivity index (χ0n) is 11.1. The lowest BCUT2D eigenvalue weighted by molar-refractivity contribution is 0.0601. The molecule has 0 amide bonds. The number of nitrogens with two attached hydrogens (primary N) is 1. The SMILES string of the molecule is COC(=O)c1cc(N)cnc1Nc1ccc(C)cc1F. The number of nitrogen functional groups attached to an aromatic ring is 1. The van der Waals surface area contributed by atoms with Crippen molar-refractivity contribution in [3.63, 3.8) is 0 Å². The first-order valence-corrected chi connectivity index (χ1v) is 5.88. The number of carbonyl (C=O) groups is 1. The van der Waals surface area contributed by atoms with Crippen molar-refractivity contribution in [2.24, 2.45) is 0 Å². The summed E-state index contributed by atoms with van der Waals surface area (Å²) in [6.07, 6.45) is 1.38. The van der Waals surface area contributed by atoms with Crippen LogP contribution in [0.3, 0.4) is 0 Å². The molecule has 2 rings (SSSR count). The second-order valence-corrected chi connectivity index (χ2v) is 4.26. The molecule has 0 aliphatic rings. The lowest BCUT2D eigenvalue weighted by Crippen LogP contribution is -2.09. The minimum absolute atomic E-state index is 0.146. The molecule has 0 bridgehead atoms. The van der Waals surface area contributed by atoms with Gasteiger partial charge in [0.1, 0.15) is 17.2 Å². The molecule has 0 radical (unpaired) electrons. The summed E-state index contributed by atoms with van der Waals surface area (Å²) < 4.78 is 18.4. The molecule has 0 unspecified atom stereocenters. The molecule has 6 heteroatoms. The quantitative estimate of drug-likeness (QED) is 0.842. The summed E-state index contributed by atoms with van der Waals surface area (Å²) in [6.45, 7) is 1.79. The molecule has 1 heterocycles. The number of pyridine rings is 1. The number of halogens is 1. The van der Waals surface area contributed by atoms with Crippen molar-refractivity contribution in [1.82, 2.24) is 4.98 Å². The van der Waals surface area contributed by atoms with E-state index in [9.17, 15) is 9.18 Å². The number of esters is 1. The van der Waals surface area contributed by atoms with Gasteiger partial charge in [-0.05, 0) is 30.7 Å². The molecule has 0 atom stereocenters. The molecule has 104 valence electrons. The maximum absolute atomic E-state index is 13.8. The number of aromatic nitrogens is 1. The van der Waals surface area contributed by atoms with Gasteiger partial charge in [0.2, 0.25) is 0 Å². The Morgan fingerprint density at radius 1 is 1.40 bits per heavy atom. The number of aryl methyl sites for hydroxylation is 1. The smallest absolute Gasteiger partial charge is 0.341 e. The third-order valence-corrected chi connectivity index (χ3v) is 2.69. The van der Waals surface area contributed by atoms with Crippen LogP contribution in [0.5, 0.6) is 0 Å². The highest BCUT2D eigenvalue weighted by Crippen LogP contribution is 2.23. The van der Waals surface area contributed by atoms with Gasteiger partial charge in [0.25, 0.3) is 0 Å². The Kier molecular flexibility index (Phi) is 3.84. The average Bonchev–Trinajstić information content (AvgIpc) is 2.42. The van der Waals surface area contributed by atoms with E-state index in [-0.39, 0.29) is 17.1 Å². The van der Waals surface area contributed by atoms with Crippen LogP contribution < -0.4 is 11.1 Å². The van der Waals surface area contributed by atoms with Crippen LogP contribution in [0.2, 0.25) is 0 Å². The van der Waals surface area contributed by atoms with Crippen molar-refractivity contribution in [3.8, 4) is 0 Å². The molecule has 2 aromatic rings. The number of carbonyl (C=O) groups excluding carboxylic acids is 1. The second-order valence-electron chi connectivity index (χ2n) is 4.26. The third-order valence-electron chi connectivity index (χ3n) is 2.69. The van der Waals surface area contributed by atoms with Gasteiger partial charge in [0.05, 0.1) is 24.7 Å². The summed E-state index contributed by atoms with van der Waals surface area (Å²) in [5.41, 5.74) is 7.07. The van der Waals surface area contributed by atoms with Gasteiger partial charge >= 0.3 is 5.97 Å². The number of nitrogens with zero attached hydrogens (tertiary/aromatic N) is 1. The van der Waals surface area contributed by atoms with Crippen LogP contribution in [-0.4, -0.2) is 18.1 Å². The van der Waals surface area contributed by atoms with Gasteiger partial charge in [-0.1, -0.05) is 6.07 Å². The summed E-state index contributed by atoms with van der Waals surface area (Å²) >= 11 is 0. The topological polar surface area (TPSA) is 77.2 Å². The minimum Gasteiger partial charge on any atom is -0.465 e. The van der Waals surface area contributed by atoms with Gasteiger partial charge in [-0.2, -0.15) is 0 Å². The number of hydrogen-bond acceptors (Lipinski definition) is 5. The number of methoxy groups -OCH3 is 1. The fraction of sp³-hybridized carbons (Fsp3) is 0.143. The van der Waals surface area contributed by atoms with Gasteiger partial charge in [-0.15, -0.1) is 0 Å². The van der Waals surface area contributed by atoms with E-state index >= 15 is 0 Å². The van der Waals surface area contributed by atoms with Crippen molar-refractivity contribution in [1.29, 1.82) is 0 Å². The van der Waals surface area contributed by atoms with E-state index in [2.05, 4.69) is 15.0 Å². The Morgan fingerprint density at radius 2 is 2.15 bits per heavy atom. The number of anilines is 3. The fourth-order valence-electron chi connectivity index (χ4n) is 1.70. The largest absolute Gasteiger partial charge is 0.465 e. The molecule has 0 saturated carbocycles. The fourth-order valence-corrected chi connectivity index (χ4v) is 1.70. The van der Waals surface area contributed by atoms with E-state index in [0.29, 0.717) is 5.69 Å². The monoisotopic (exact) mass is 275 g/mol. The number of rotatable bonds is 3. The number of nitrogens with one attached hydrogen (secondary N) is 1. The molecule has 0 aliphatic carbocycles. The molecule has 0 fully saturated rings. The summed E-state index contributed by atoms with van der Waals surface area (Å²) in [5, 5.41) is 2.77. The van der Waals surface area contributed by atoms with Gasteiger partial charge < -0.3 is 15.8 Å². The van der Waals surface area contributed by atoms with Crippen molar-refractivity contribution in [2.75, 3.05) is 18.2 Å². The van der Waals surface area contributed by atoms with Crippen LogP contribution in [0.15, 0.2) is 30.5 Å². The van der Waals surface area contributed by atoms with Crippen molar-refractivity contribution < 1.29 is 13.9 Å². The summed E-state index contributed by atoms with van der Waals surface area (Å²) in [5.74, 6) is -0.840. The van der Waals surface area contributed by atoms with Crippen molar-refractivity contribution >= 4 is 23.2 Å². The normalized spacial score (nSPS) is 10.2. The Labute approximate surface area is 115 Å². The van der Waals surface area contributed by atoms with Crippen LogP contribution >= 0.6 is 0 Å².